The first-order valence-electron chi connectivity index (χ1n) is 14.8. The Morgan fingerprint density at radius 2 is 1.62 bits per heavy atom. The van der Waals surface area contributed by atoms with Crippen LogP contribution in [0.3, 0.4) is 0 Å². The Morgan fingerprint density at radius 1 is 0.919 bits per heavy atom. The van der Waals surface area contributed by atoms with Gasteiger partial charge in [-0.15, -0.1) is 0 Å². The Bertz CT molecular complexity index is 893. The molecule has 37 heavy (non-hydrogen) atoms. The third kappa shape index (κ3) is 5.55. The fourth-order valence-electron chi connectivity index (χ4n) is 7.59. The van der Waals surface area contributed by atoms with Crippen molar-refractivity contribution < 1.29 is 14.3 Å². The second-order valence-electron chi connectivity index (χ2n) is 11.8. The summed E-state index contributed by atoms with van der Waals surface area (Å²) in [7, 11) is 0. The molecule has 0 aromatic heterocycles. The minimum atomic E-state index is 0.100. The molecule has 1 aromatic carbocycles. The number of benzene rings is 1. The number of nitrogens with zero attached hydrogens (tertiary/aromatic N) is 2. The molecule has 2 saturated carbocycles. The Balaban J connectivity index is 1.07. The van der Waals surface area contributed by atoms with Crippen molar-refractivity contribution in [2.24, 2.45) is 11.8 Å². The van der Waals surface area contributed by atoms with Crippen LogP contribution in [-0.4, -0.2) is 81.5 Å². The van der Waals surface area contributed by atoms with E-state index in [0.717, 1.165) is 78.4 Å². The lowest BCUT2D eigenvalue weighted by Crippen LogP contribution is -2.60. The second-order valence-corrected chi connectivity index (χ2v) is 11.8. The van der Waals surface area contributed by atoms with Gasteiger partial charge < -0.3 is 19.7 Å². The molecule has 0 bridgehead atoms. The topological polar surface area (TPSA) is 78.1 Å². The molecule has 4 unspecified atom stereocenters. The molecular weight excluding hydrogens is 466 g/mol. The molecule has 6 rings (SSSR count). The van der Waals surface area contributed by atoms with Crippen molar-refractivity contribution in [3.63, 3.8) is 0 Å². The predicted octanol–water partition coefficient (Wildman–Crippen LogP) is 2.61. The summed E-state index contributed by atoms with van der Waals surface area (Å²) in [6, 6.07) is 9.72. The standard InChI is InChI=1S/C29H45N5O3/c35-28(30-21-29(10-2-1-3-11-29)34-14-18-37-19-15-34)23-6-9-26-25(20-23)27(32-31-26)22-4-7-24(8-5-22)33-12-16-36-17-13-33/h4-5,7-8,23,25-27,31-32H,1-3,6,9-21H2,(H,30,35). The van der Waals surface area contributed by atoms with Gasteiger partial charge in [0.2, 0.25) is 5.91 Å². The quantitative estimate of drug-likeness (QED) is 0.542. The number of carbonyl (C=O) groups excluding carboxylic acids is 1. The Hall–Kier alpha value is -1.71. The van der Waals surface area contributed by atoms with E-state index in [4.69, 9.17) is 9.47 Å². The van der Waals surface area contributed by atoms with Crippen LogP contribution in [0.25, 0.3) is 0 Å². The number of fused-ring (bicyclic) bond motifs is 1. The summed E-state index contributed by atoms with van der Waals surface area (Å²) in [5, 5.41) is 3.46. The van der Waals surface area contributed by atoms with Crippen molar-refractivity contribution in [3.05, 3.63) is 29.8 Å². The molecule has 8 heteroatoms. The van der Waals surface area contributed by atoms with Crippen LogP contribution in [0.5, 0.6) is 0 Å². The molecule has 1 amide bonds. The minimum Gasteiger partial charge on any atom is -0.379 e. The highest BCUT2D eigenvalue weighted by atomic mass is 16.5. The second kappa shape index (κ2) is 11.6. The van der Waals surface area contributed by atoms with Gasteiger partial charge in [-0.25, -0.2) is 5.43 Å². The number of morpholine rings is 2. The van der Waals surface area contributed by atoms with E-state index in [-0.39, 0.29) is 23.4 Å². The van der Waals surface area contributed by atoms with Gasteiger partial charge in [0, 0.05) is 55.9 Å². The zero-order valence-electron chi connectivity index (χ0n) is 22.3. The number of hydrogen-bond acceptors (Lipinski definition) is 7. The summed E-state index contributed by atoms with van der Waals surface area (Å²) in [6.45, 7) is 7.92. The van der Waals surface area contributed by atoms with Gasteiger partial charge >= 0.3 is 0 Å². The Labute approximate surface area is 221 Å². The van der Waals surface area contributed by atoms with Crippen LogP contribution < -0.4 is 21.1 Å². The van der Waals surface area contributed by atoms with Gasteiger partial charge in [-0.1, -0.05) is 31.4 Å². The summed E-state index contributed by atoms with van der Waals surface area (Å²) in [5.74, 6) is 0.801. The fourth-order valence-corrected chi connectivity index (χ4v) is 7.59. The van der Waals surface area contributed by atoms with Crippen molar-refractivity contribution in [2.75, 3.05) is 64.1 Å². The van der Waals surface area contributed by atoms with Crippen LogP contribution in [0, 0.1) is 11.8 Å². The van der Waals surface area contributed by atoms with Crippen LogP contribution in [0.2, 0.25) is 0 Å². The number of nitrogens with one attached hydrogen (secondary N) is 3. The summed E-state index contributed by atoms with van der Waals surface area (Å²) < 4.78 is 11.1. The van der Waals surface area contributed by atoms with E-state index >= 15 is 0 Å². The summed E-state index contributed by atoms with van der Waals surface area (Å²) in [4.78, 5) is 18.5. The fraction of sp³-hybridized carbons (Fsp3) is 0.759. The monoisotopic (exact) mass is 511 g/mol. The third-order valence-corrected chi connectivity index (χ3v) is 9.81. The van der Waals surface area contributed by atoms with Gasteiger partial charge in [-0.05, 0) is 55.7 Å². The highest BCUT2D eigenvalue weighted by Crippen LogP contribution is 2.41. The minimum absolute atomic E-state index is 0.100. The maximum atomic E-state index is 13.5. The lowest BCUT2D eigenvalue weighted by molar-refractivity contribution is -0.127. The van der Waals surface area contributed by atoms with Gasteiger partial charge in [0.25, 0.3) is 0 Å². The van der Waals surface area contributed by atoms with Crippen molar-refractivity contribution in [1.29, 1.82) is 0 Å². The lowest BCUT2D eigenvalue weighted by Gasteiger charge is -2.48. The van der Waals surface area contributed by atoms with E-state index in [1.807, 2.05) is 0 Å². The molecule has 3 aliphatic heterocycles. The molecule has 1 aromatic rings. The molecule has 2 aliphatic carbocycles. The van der Waals surface area contributed by atoms with Crippen molar-refractivity contribution in [2.45, 2.75) is 69.0 Å². The van der Waals surface area contributed by atoms with E-state index in [1.54, 1.807) is 0 Å². The van der Waals surface area contributed by atoms with Crippen LogP contribution in [0.15, 0.2) is 24.3 Å². The van der Waals surface area contributed by atoms with Gasteiger partial charge in [0.15, 0.2) is 0 Å². The van der Waals surface area contributed by atoms with Crippen molar-refractivity contribution in [1.82, 2.24) is 21.1 Å². The number of anilines is 1. The van der Waals surface area contributed by atoms with Crippen molar-refractivity contribution in [3.8, 4) is 0 Å². The maximum absolute atomic E-state index is 13.5. The molecule has 204 valence electrons. The molecule has 3 heterocycles. The number of rotatable bonds is 6. The maximum Gasteiger partial charge on any atom is 0.223 e. The summed E-state index contributed by atoms with van der Waals surface area (Å²) >= 11 is 0. The average Bonchev–Trinajstić information content (AvgIpc) is 3.41. The van der Waals surface area contributed by atoms with Crippen molar-refractivity contribution >= 4 is 11.6 Å². The number of ether oxygens (including phenoxy) is 2. The molecule has 8 nitrogen and oxygen atoms in total. The lowest BCUT2D eigenvalue weighted by atomic mass is 9.74. The third-order valence-electron chi connectivity index (χ3n) is 9.81. The average molecular weight is 512 g/mol. The van der Waals surface area contributed by atoms with Crippen LogP contribution in [-0.2, 0) is 14.3 Å². The van der Waals surface area contributed by atoms with Gasteiger partial charge in [-0.3, -0.25) is 15.1 Å². The first kappa shape index (κ1) is 25.6. The normalized spacial score (nSPS) is 32.6. The van der Waals surface area contributed by atoms with Crippen LogP contribution in [0.1, 0.15) is 63.0 Å². The van der Waals surface area contributed by atoms with Gasteiger partial charge in [0.05, 0.1) is 32.5 Å². The molecule has 3 N–H and O–H groups in total. The molecule has 0 spiro atoms. The highest BCUT2D eigenvalue weighted by Gasteiger charge is 2.44. The molecular formula is C29H45N5O3. The number of hydrogen-bond donors (Lipinski definition) is 3. The molecule has 0 radical (unpaired) electrons. The van der Waals surface area contributed by atoms with E-state index in [1.165, 1.54) is 43.4 Å². The van der Waals surface area contributed by atoms with Gasteiger partial charge in [0.1, 0.15) is 0 Å². The predicted molar refractivity (Wildman–Crippen MR) is 144 cm³/mol. The number of amides is 1. The van der Waals surface area contributed by atoms with Crippen LogP contribution in [0.4, 0.5) is 5.69 Å². The first-order chi connectivity index (χ1) is 18.2. The largest absolute Gasteiger partial charge is 0.379 e. The SMILES string of the molecule is O=C(NCC1(N2CCOCC2)CCCCC1)C1CCC2NNC(c3ccc(N4CCOCC4)cc3)C2C1. The van der Waals surface area contributed by atoms with E-state index in [2.05, 4.69) is 50.2 Å². The highest BCUT2D eigenvalue weighted by molar-refractivity contribution is 5.79. The molecule has 5 fully saturated rings. The first-order valence-corrected chi connectivity index (χ1v) is 14.8. The van der Waals surface area contributed by atoms with E-state index in [9.17, 15) is 4.79 Å². The molecule has 4 atom stereocenters. The zero-order chi connectivity index (χ0) is 25.1. The Kier molecular flexibility index (Phi) is 8.00. The van der Waals surface area contributed by atoms with Gasteiger partial charge in [-0.2, -0.15) is 0 Å². The number of hydrazine groups is 1. The summed E-state index contributed by atoms with van der Waals surface area (Å²) in [5.41, 5.74) is 9.83. The smallest absolute Gasteiger partial charge is 0.223 e. The van der Waals surface area contributed by atoms with Crippen LogP contribution >= 0.6 is 0 Å². The Morgan fingerprint density at radius 3 is 2.35 bits per heavy atom. The zero-order valence-corrected chi connectivity index (χ0v) is 22.3. The summed E-state index contributed by atoms with van der Waals surface area (Å²) in [6.07, 6.45) is 9.20. The molecule has 5 aliphatic rings. The molecule has 3 saturated heterocycles. The number of carbonyl (C=O) groups is 1. The van der Waals surface area contributed by atoms with E-state index in [0.29, 0.717) is 12.0 Å². The van der Waals surface area contributed by atoms with E-state index < -0.39 is 0 Å².